The van der Waals surface area contributed by atoms with Crippen molar-refractivity contribution >= 4 is 5.91 Å². The van der Waals surface area contributed by atoms with Gasteiger partial charge in [-0.3, -0.25) is 9.69 Å². The number of amides is 1. The number of rotatable bonds is 6. The predicted molar refractivity (Wildman–Crippen MR) is 82.5 cm³/mol. The lowest BCUT2D eigenvalue weighted by Crippen LogP contribution is -2.35. The van der Waals surface area contributed by atoms with Crippen molar-refractivity contribution in [3.63, 3.8) is 0 Å². The third kappa shape index (κ3) is 5.99. The summed E-state index contributed by atoms with van der Waals surface area (Å²) < 4.78 is 0. The van der Waals surface area contributed by atoms with Gasteiger partial charge in [-0.05, 0) is 37.6 Å². The molecule has 1 saturated carbocycles. The summed E-state index contributed by atoms with van der Waals surface area (Å²) in [6.45, 7) is 1.22. The number of hydrogen-bond acceptors (Lipinski definition) is 3. The van der Waals surface area contributed by atoms with E-state index in [2.05, 4.69) is 17.2 Å². The number of carbonyl (C=O) groups is 1. The van der Waals surface area contributed by atoms with Crippen LogP contribution in [0.1, 0.15) is 30.4 Å². The molecule has 1 aliphatic rings. The summed E-state index contributed by atoms with van der Waals surface area (Å²) in [7, 11) is 1.94. The van der Waals surface area contributed by atoms with E-state index in [0.717, 1.165) is 24.0 Å². The van der Waals surface area contributed by atoms with Crippen molar-refractivity contribution in [2.75, 3.05) is 20.2 Å². The van der Waals surface area contributed by atoms with Crippen LogP contribution in [0.4, 0.5) is 0 Å². The normalized spacial score (nSPS) is 13.7. The van der Waals surface area contributed by atoms with Crippen LogP contribution in [0.25, 0.3) is 0 Å². The number of aliphatic hydroxyl groups excluding tert-OH is 1. The average Bonchev–Trinajstić information content (AvgIpc) is 3.23. The molecule has 0 spiro atoms. The molecule has 1 fully saturated rings. The minimum atomic E-state index is 0.0888. The van der Waals surface area contributed by atoms with Crippen LogP contribution in [0.15, 0.2) is 24.3 Å². The minimum Gasteiger partial charge on any atom is -0.395 e. The second kappa shape index (κ2) is 7.82. The van der Waals surface area contributed by atoms with Crippen molar-refractivity contribution in [1.29, 1.82) is 0 Å². The van der Waals surface area contributed by atoms with Gasteiger partial charge in [-0.1, -0.05) is 24.0 Å². The third-order valence-corrected chi connectivity index (χ3v) is 3.20. The topological polar surface area (TPSA) is 52.6 Å². The Morgan fingerprint density at radius 2 is 2.29 bits per heavy atom. The first-order chi connectivity index (χ1) is 10.2. The van der Waals surface area contributed by atoms with E-state index in [-0.39, 0.29) is 12.5 Å². The largest absolute Gasteiger partial charge is 0.395 e. The third-order valence-electron chi connectivity index (χ3n) is 3.20. The summed E-state index contributed by atoms with van der Waals surface area (Å²) in [6.07, 6.45) is 2.72. The SMILES string of the molecule is CN(CC(=O)NC1CC1)Cc1cccc(C#CCCO)c1. The van der Waals surface area contributed by atoms with E-state index in [0.29, 0.717) is 25.6 Å². The molecule has 0 saturated heterocycles. The number of aliphatic hydroxyl groups is 1. The first kappa shape index (κ1) is 15.6. The summed E-state index contributed by atoms with van der Waals surface area (Å²) in [5, 5.41) is 11.7. The van der Waals surface area contributed by atoms with Crippen molar-refractivity contribution in [3.8, 4) is 11.8 Å². The molecule has 0 aromatic heterocycles. The molecular weight excluding hydrogens is 264 g/mol. The zero-order valence-electron chi connectivity index (χ0n) is 12.4. The van der Waals surface area contributed by atoms with Crippen molar-refractivity contribution in [1.82, 2.24) is 10.2 Å². The molecule has 1 aliphatic carbocycles. The molecule has 21 heavy (non-hydrogen) atoms. The Morgan fingerprint density at radius 3 is 3.00 bits per heavy atom. The Hall–Kier alpha value is -1.83. The predicted octanol–water partition coefficient (Wildman–Crippen LogP) is 1.13. The van der Waals surface area contributed by atoms with Crippen molar-refractivity contribution in [2.24, 2.45) is 0 Å². The van der Waals surface area contributed by atoms with E-state index in [4.69, 9.17) is 5.11 Å². The highest BCUT2D eigenvalue weighted by Gasteiger charge is 2.23. The molecule has 0 unspecified atom stereocenters. The van der Waals surface area contributed by atoms with E-state index < -0.39 is 0 Å². The van der Waals surface area contributed by atoms with Gasteiger partial charge in [-0.15, -0.1) is 0 Å². The van der Waals surface area contributed by atoms with Gasteiger partial charge in [0.15, 0.2) is 0 Å². The lowest BCUT2D eigenvalue weighted by atomic mass is 10.1. The lowest BCUT2D eigenvalue weighted by Gasteiger charge is -2.16. The van der Waals surface area contributed by atoms with E-state index >= 15 is 0 Å². The van der Waals surface area contributed by atoms with Crippen LogP contribution in [-0.2, 0) is 11.3 Å². The summed E-state index contributed by atoms with van der Waals surface area (Å²) in [4.78, 5) is 13.7. The molecule has 0 radical (unpaired) electrons. The average molecular weight is 286 g/mol. The quantitative estimate of drug-likeness (QED) is 0.771. The van der Waals surface area contributed by atoms with Crippen LogP contribution in [0.5, 0.6) is 0 Å². The molecule has 2 N–H and O–H groups in total. The molecule has 4 nitrogen and oxygen atoms in total. The minimum absolute atomic E-state index is 0.0888. The highest BCUT2D eigenvalue weighted by molar-refractivity contribution is 5.78. The summed E-state index contributed by atoms with van der Waals surface area (Å²) in [5.41, 5.74) is 2.07. The fourth-order valence-corrected chi connectivity index (χ4v) is 2.08. The molecule has 1 aromatic rings. The van der Waals surface area contributed by atoms with Gasteiger partial charge in [-0.25, -0.2) is 0 Å². The Morgan fingerprint density at radius 1 is 1.48 bits per heavy atom. The van der Waals surface area contributed by atoms with E-state index in [9.17, 15) is 4.79 Å². The number of likely N-dealkylation sites (N-methyl/N-ethyl adjacent to an activating group) is 1. The molecule has 4 heteroatoms. The molecule has 0 aliphatic heterocycles. The van der Waals surface area contributed by atoms with Crippen LogP contribution in [0.3, 0.4) is 0 Å². The highest BCUT2D eigenvalue weighted by Crippen LogP contribution is 2.18. The Labute approximate surface area is 126 Å². The second-order valence-electron chi connectivity index (χ2n) is 5.49. The molecule has 1 aromatic carbocycles. The first-order valence-electron chi connectivity index (χ1n) is 7.34. The Bertz CT molecular complexity index is 541. The summed E-state index contributed by atoms with van der Waals surface area (Å²) in [6, 6.07) is 8.40. The molecule has 112 valence electrons. The van der Waals surface area contributed by atoms with Crippen LogP contribution in [-0.4, -0.2) is 42.2 Å². The van der Waals surface area contributed by atoms with Crippen molar-refractivity contribution in [3.05, 3.63) is 35.4 Å². The van der Waals surface area contributed by atoms with E-state index in [1.54, 1.807) is 0 Å². The zero-order valence-corrected chi connectivity index (χ0v) is 12.4. The van der Waals surface area contributed by atoms with E-state index in [1.165, 1.54) is 0 Å². The van der Waals surface area contributed by atoms with E-state index in [1.807, 2.05) is 36.2 Å². The van der Waals surface area contributed by atoms with Gasteiger partial charge in [0.25, 0.3) is 0 Å². The van der Waals surface area contributed by atoms with Gasteiger partial charge < -0.3 is 10.4 Å². The van der Waals surface area contributed by atoms with Crippen LogP contribution in [0, 0.1) is 11.8 Å². The number of carbonyl (C=O) groups excluding carboxylic acids is 1. The van der Waals surface area contributed by atoms with Gasteiger partial charge in [-0.2, -0.15) is 0 Å². The molecule has 2 rings (SSSR count). The molecule has 0 bridgehead atoms. The lowest BCUT2D eigenvalue weighted by molar-refractivity contribution is -0.122. The fourth-order valence-electron chi connectivity index (χ4n) is 2.08. The molecule has 0 heterocycles. The smallest absolute Gasteiger partial charge is 0.234 e. The number of benzene rings is 1. The van der Waals surface area contributed by atoms with Crippen molar-refractivity contribution < 1.29 is 9.90 Å². The maximum absolute atomic E-state index is 11.7. The number of nitrogens with zero attached hydrogens (tertiary/aromatic N) is 1. The molecule has 0 atom stereocenters. The van der Waals surface area contributed by atoms with Gasteiger partial charge in [0.2, 0.25) is 5.91 Å². The maximum atomic E-state index is 11.7. The maximum Gasteiger partial charge on any atom is 0.234 e. The second-order valence-corrected chi connectivity index (χ2v) is 5.49. The van der Waals surface area contributed by atoms with Gasteiger partial charge in [0.05, 0.1) is 13.2 Å². The first-order valence-corrected chi connectivity index (χ1v) is 7.34. The van der Waals surface area contributed by atoms with Gasteiger partial charge in [0.1, 0.15) is 0 Å². The van der Waals surface area contributed by atoms with Crippen LogP contribution in [0.2, 0.25) is 0 Å². The standard InChI is InChI=1S/C17H22N2O2/c1-19(13-17(21)18-16-8-9-16)12-15-7-4-6-14(11-15)5-2-3-10-20/h4,6-7,11,16,20H,3,8-10,12-13H2,1H3,(H,18,21). The summed E-state index contributed by atoms with van der Waals surface area (Å²) >= 11 is 0. The zero-order chi connectivity index (χ0) is 15.1. The molecule has 1 amide bonds. The van der Waals surface area contributed by atoms with Crippen molar-refractivity contribution in [2.45, 2.75) is 31.8 Å². The Balaban J connectivity index is 1.85. The Kier molecular flexibility index (Phi) is 5.79. The fraction of sp³-hybridized carbons (Fsp3) is 0.471. The summed E-state index contributed by atoms with van der Waals surface area (Å²) in [5.74, 6) is 6.04. The number of hydrogen-bond donors (Lipinski definition) is 2. The number of nitrogens with one attached hydrogen (secondary N) is 1. The van der Waals surface area contributed by atoms with Crippen LogP contribution < -0.4 is 5.32 Å². The van der Waals surface area contributed by atoms with Gasteiger partial charge >= 0.3 is 0 Å². The van der Waals surface area contributed by atoms with Gasteiger partial charge in [0, 0.05) is 24.6 Å². The molecular formula is C17H22N2O2. The highest BCUT2D eigenvalue weighted by atomic mass is 16.2. The van der Waals surface area contributed by atoms with Crippen LogP contribution >= 0.6 is 0 Å². The monoisotopic (exact) mass is 286 g/mol.